The summed E-state index contributed by atoms with van der Waals surface area (Å²) in [5, 5.41) is 0. The molecule has 2 aliphatic rings. The third-order valence-corrected chi connectivity index (χ3v) is 4.39. The van der Waals surface area contributed by atoms with Crippen LogP contribution in [0.4, 0.5) is 0 Å². The lowest BCUT2D eigenvalue weighted by Gasteiger charge is -2.25. The van der Waals surface area contributed by atoms with Crippen molar-refractivity contribution >= 4 is 6.29 Å². The first kappa shape index (κ1) is 8.28. The standard InChI is InChI=1S/C11H18O/c1-11(2)9-3-4-10(11)8(7-9)5-6-12/h6,8-10H,3-5,7H2,1-2H3. The Kier molecular flexibility index (Phi) is 1.78. The number of hydrogen-bond acceptors (Lipinski definition) is 1. The molecule has 2 saturated carbocycles. The van der Waals surface area contributed by atoms with E-state index in [4.69, 9.17) is 0 Å². The molecule has 3 atom stereocenters. The first-order valence-corrected chi connectivity index (χ1v) is 5.10. The minimum Gasteiger partial charge on any atom is -0.303 e. The van der Waals surface area contributed by atoms with Gasteiger partial charge in [0.2, 0.25) is 0 Å². The lowest BCUT2D eigenvalue weighted by Crippen LogP contribution is -2.19. The van der Waals surface area contributed by atoms with E-state index in [1.165, 1.54) is 19.3 Å². The fourth-order valence-electron chi connectivity index (χ4n) is 3.61. The number of carbonyl (C=O) groups excluding carboxylic acids is 1. The van der Waals surface area contributed by atoms with Crippen molar-refractivity contribution in [3.8, 4) is 0 Å². The normalized spacial score (nSPS) is 43.3. The van der Waals surface area contributed by atoms with Gasteiger partial charge in [-0.1, -0.05) is 13.8 Å². The van der Waals surface area contributed by atoms with E-state index in [0.717, 1.165) is 30.5 Å². The van der Waals surface area contributed by atoms with E-state index in [1.54, 1.807) is 0 Å². The molecule has 0 aromatic rings. The molecule has 1 nitrogen and oxygen atoms in total. The number of hydrogen-bond donors (Lipinski definition) is 0. The van der Waals surface area contributed by atoms with Crippen LogP contribution in [-0.4, -0.2) is 6.29 Å². The van der Waals surface area contributed by atoms with Crippen LogP contribution >= 0.6 is 0 Å². The van der Waals surface area contributed by atoms with Crippen LogP contribution in [0.5, 0.6) is 0 Å². The summed E-state index contributed by atoms with van der Waals surface area (Å²) in [6.45, 7) is 4.78. The van der Waals surface area contributed by atoms with Crippen LogP contribution in [-0.2, 0) is 4.79 Å². The maximum absolute atomic E-state index is 10.4. The molecule has 0 saturated heterocycles. The van der Waals surface area contributed by atoms with Crippen LogP contribution in [0.3, 0.4) is 0 Å². The first-order valence-electron chi connectivity index (χ1n) is 5.10. The summed E-state index contributed by atoms with van der Waals surface area (Å²) >= 11 is 0. The molecule has 0 amide bonds. The highest BCUT2D eigenvalue weighted by molar-refractivity contribution is 5.50. The van der Waals surface area contributed by atoms with Crippen molar-refractivity contribution in [1.29, 1.82) is 0 Å². The Morgan fingerprint density at radius 3 is 2.58 bits per heavy atom. The molecule has 2 bridgehead atoms. The number of rotatable bonds is 2. The minimum absolute atomic E-state index is 0.535. The number of aldehydes is 1. The number of carbonyl (C=O) groups is 1. The fourth-order valence-corrected chi connectivity index (χ4v) is 3.61. The van der Waals surface area contributed by atoms with Crippen molar-refractivity contribution in [2.75, 3.05) is 0 Å². The summed E-state index contributed by atoms with van der Waals surface area (Å²) in [7, 11) is 0. The van der Waals surface area contributed by atoms with Gasteiger partial charge in [-0.25, -0.2) is 0 Å². The molecule has 2 rings (SSSR count). The van der Waals surface area contributed by atoms with E-state index in [0.29, 0.717) is 5.41 Å². The minimum atomic E-state index is 0.535. The van der Waals surface area contributed by atoms with Gasteiger partial charge in [0, 0.05) is 6.42 Å². The molecule has 2 fully saturated rings. The summed E-state index contributed by atoms with van der Waals surface area (Å²) in [5.74, 6) is 2.47. The maximum Gasteiger partial charge on any atom is 0.120 e. The van der Waals surface area contributed by atoms with Crippen LogP contribution in [0, 0.1) is 23.2 Å². The molecule has 2 aliphatic carbocycles. The zero-order valence-electron chi connectivity index (χ0n) is 8.05. The predicted octanol–water partition coefficient (Wildman–Crippen LogP) is 2.65. The van der Waals surface area contributed by atoms with Crippen molar-refractivity contribution in [2.45, 2.75) is 39.5 Å². The first-order chi connectivity index (χ1) is 5.66. The van der Waals surface area contributed by atoms with Crippen LogP contribution in [0.25, 0.3) is 0 Å². The average molecular weight is 166 g/mol. The van der Waals surface area contributed by atoms with Gasteiger partial charge in [0.15, 0.2) is 0 Å². The van der Waals surface area contributed by atoms with Gasteiger partial charge in [-0.2, -0.15) is 0 Å². The molecule has 12 heavy (non-hydrogen) atoms. The molecule has 0 aliphatic heterocycles. The quantitative estimate of drug-likeness (QED) is 0.576. The zero-order valence-corrected chi connectivity index (χ0v) is 8.05. The molecule has 1 heteroatoms. The molecule has 3 unspecified atom stereocenters. The van der Waals surface area contributed by atoms with Crippen LogP contribution in [0.15, 0.2) is 0 Å². The highest BCUT2D eigenvalue weighted by atomic mass is 16.1. The van der Waals surface area contributed by atoms with Crippen LogP contribution in [0.2, 0.25) is 0 Å². The monoisotopic (exact) mass is 166 g/mol. The van der Waals surface area contributed by atoms with Crippen molar-refractivity contribution in [1.82, 2.24) is 0 Å². The molecular formula is C11H18O. The van der Waals surface area contributed by atoms with Crippen molar-refractivity contribution in [2.24, 2.45) is 23.2 Å². The highest BCUT2D eigenvalue weighted by Gasteiger charge is 2.52. The molecule has 68 valence electrons. The Bertz CT molecular complexity index is 195. The molecule has 0 aromatic carbocycles. The second-order valence-corrected chi connectivity index (χ2v) is 5.10. The van der Waals surface area contributed by atoms with Gasteiger partial charge in [0.05, 0.1) is 0 Å². The summed E-state index contributed by atoms with van der Waals surface area (Å²) in [6, 6.07) is 0. The molecule has 0 spiro atoms. The van der Waals surface area contributed by atoms with Gasteiger partial charge in [0.1, 0.15) is 6.29 Å². The van der Waals surface area contributed by atoms with Gasteiger partial charge >= 0.3 is 0 Å². The Labute approximate surface area is 74.5 Å². The van der Waals surface area contributed by atoms with Gasteiger partial charge < -0.3 is 4.79 Å². The van der Waals surface area contributed by atoms with Gasteiger partial charge in [0.25, 0.3) is 0 Å². The Morgan fingerprint density at radius 1 is 1.42 bits per heavy atom. The molecule has 0 heterocycles. The SMILES string of the molecule is CC1(C)C2CCC1C(CC=O)C2. The predicted molar refractivity (Wildman–Crippen MR) is 48.8 cm³/mol. The Balaban J connectivity index is 2.13. The summed E-state index contributed by atoms with van der Waals surface area (Å²) in [6.07, 6.45) is 6.02. The molecule has 0 aromatic heterocycles. The largest absolute Gasteiger partial charge is 0.303 e. The molecule has 0 N–H and O–H groups in total. The van der Waals surface area contributed by atoms with E-state index in [9.17, 15) is 4.79 Å². The summed E-state index contributed by atoms with van der Waals surface area (Å²) in [5.41, 5.74) is 0.535. The van der Waals surface area contributed by atoms with Gasteiger partial charge in [-0.05, 0) is 42.4 Å². The molecular weight excluding hydrogens is 148 g/mol. The maximum atomic E-state index is 10.4. The highest BCUT2D eigenvalue weighted by Crippen LogP contribution is 2.60. The van der Waals surface area contributed by atoms with E-state index in [-0.39, 0.29) is 0 Å². The van der Waals surface area contributed by atoms with Crippen LogP contribution < -0.4 is 0 Å². The van der Waals surface area contributed by atoms with Gasteiger partial charge in [-0.15, -0.1) is 0 Å². The lowest BCUT2D eigenvalue weighted by atomic mass is 9.79. The third kappa shape index (κ3) is 0.949. The Hall–Kier alpha value is -0.330. The van der Waals surface area contributed by atoms with Gasteiger partial charge in [-0.3, -0.25) is 0 Å². The second kappa shape index (κ2) is 2.58. The van der Waals surface area contributed by atoms with E-state index in [2.05, 4.69) is 13.8 Å². The average Bonchev–Trinajstić information content (AvgIpc) is 2.41. The van der Waals surface area contributed by atoms with E-state index in [1.807, 2.05) is 0 Å². The Morgan fingerprint density at radius 2 is 2.17 bits per heavy atom. The molecule has 0 radical (unpaired) electrons. The van der Waals surface area contributed by atoms with Crippen molar-refractivity contribution in [3.63, 3.8) is 0 Å². The van der Waals surface area contributed by atoms with Crippen molar-refractivity contribution in [3.05, 3.63) is 0 Å². The zero-order chi connectivity index (χ0) is 8.77. The number of fused-ring (bicyclic) bond motifs is 2. The van der Waals surface area contributed by atoms with E-state index < -0.39 is 0 Å². The van der Waals surface area contributed by atoms with Crippen molar-refractivity contribution < 1.29 is 4.79 Å². The lowest BCUT2D eigenvalue weighted by molar-refractivity contribution is -0.109. The summed E-state index contributed by atoms with van der Waals surface area (Å²) < 4.78 is 0. The fraction of sp³-hybridized carbons (Fsp3) is 0.909. The summed E-state index contributed by atoms with van der Waals surface area (Å²) in [4.78, 5) is 10.4. The van der Waals surface area contributed by atoms with E-state index >= 15 is 0 Å². The topological polar surface area (TPSA) is 17.1 Å². The van der Waals surface area contributed by atoms with Crippen LogP contribution in [0.1, 0.15) is 39.5 Å². The third-order valence-electron chi connectivity index (χ3n) is 4.39. The second-order valence-electron chi connectivity index (χ2n) is 5.10. The smallest absolute Gasteiger partial charge is 0.120 e.